The molecule has 0 saturated carbocycles. The number of amides is 1. The Balaban J connectivity index is 1.63. The van der Waals surface area contributed by atoms with E-state index in [9.17, 15) is 4.79 Å². The second-order valence-corrected chi connectivity index (χ2v) is 7.72. The Morgan fingerprint density at radius 2 is 1.81 bits per heavy atom. The van der Waals surface area contributed by atoms with Crippen LogP contribution in [0.3, 0.4) is 0 Å². The van der Waals surface area contributed by atoms with Crippen molar-refractivity contribution >= 4 is 17.6 Å². The lowest BCUT2D eigenvalue weighted by Gasteiger charge is -2.13. The van der Waals surface area contributed by atoms with Crippen molar-refractivity contribution in [1.29, 1.82) is 0 Å². The minimum absolute atomic E-state index is 0.0645. The van der Waals surface area contributed by atoms with E-state index in [1.807, 2.05) is 48.0 Å². The number of nitrogens with one attached hydrogen (secondary N) is 3. The molecule has 0 spiro atoms. The summed E-state index contributed by atoms with van der Waals surface area (Å²) in [6.45, 7) is 9.73. The highest BCUT2D eigenvalue weighted by atomic mass is 16.1. The van der Waals surface area contributed by atoms with Gasteiger partial charge in [0, 0.05) is 31.4 Å². The quantitative estimate of drug-likeness (QED) is 0.374. The maximum Gasteiger partial charge on any atom is 0.221 e. The number of guanidine groups is 1. The Morgan fingerprint density at radius 1 is 1.06 bits per heavy atom. The zero-order valence-electron chi connectivity index (χ0n) is 19.3. The van der Waals surface area contributed by atoms with Gasteiger partial charge in [0.05, 0.1) is 17.9 Å². The highest BCUT2D eigenvalue weighted by Crippen LogP contribution is 2.18. The first-order valence-electron chi connectivity index (χ1n) is 11.0. The fraction of sp³-hybridized carbons (Fsp3) is 0.320. The van der Waals surface area contributed by atoms with Gasteiger partial charge in [-0.05, 0) is 62.6 Å². The van der Waals surface area contributed by atoms with Gasteiger partial charge in [-0.25, -0.2) is 9.67 Å². The van der Waals surface area contributed by atoms with Crippen molar-refractivity contribution in [3.05, 3.63) is 77.1 Å². The van der Waals surface area contributed by atoms with E-state index in [4.69, 9.17) is 4.99 Å². The van der Waals surface area contributed by atoms with Crippen LogP contribution in [0.4, 0.5) is 5.69 Å². The minimum atomic E-state index is -0.0645. The van der Waals surface area contributed by atoms with Crippen LogP contribution in [0, 0.1) is 13.8 Å². The summed E-state index contributed by atoms with van der Waals surface area (Å²) in [6.07, 6.45) is 0.854. The maximum atomic E-state index is 11.1. The van der Waals surface area contributed by atoms with E-state index in [-0.39, 0.29) is 5.91 Å². The first-order chi connectivity index (χ1) is 15.5. The highest BCUT2D eigenvalue weighted by Gasteiger charge is 2.09. The average molecular weight is 433 g/mol. The summed E-state index contributed by atoms with van der Waals surface area (Å²) in [5, 5.41) is 14.1. The predicted molar refractivity (Wildman–Crippen MR) is 130 cm³/mol. The highest BCUT2D eigenvalue weighted by molar-refractivity contribution is 5.88. The lowest BCUT2D eigenvalue weighted by molar-refractivity contribution is -0.114. The van der Waals surface area contributed by atoms with Crippen molar-refractivity contribution in [2.45, 2.75) is 40.7 Å². The van der Waals surface area contributed by atoms with E-state index in [2.05, 4.69) is 53.1 Å². The van der Waals surface area contributed by atoms with Crippen molar-refractivity contribution in [1.82, 2.24) is 20.4 Å². The van der Waals surface area contributed by atoms with Crippen molar-refractivity contribution in [2.24, 2.45) is 4.99 Å². The summed E-state index contributed by atoms with van der Waals surface area (Å²) in [7, 11) is 0. The third-order valence-corrected chi connectivity index (χ3v) is 4.96. The van der Waals surface area contributed by atoms with Crippen LogP contribution >= 0.6 is 0 Å². The van der Waals surface area contributed by atoms with Crippen molar-refractivity contribution in [3.63, 3.8) is 0 Å². The predicted octanol–water partition coefficient (Wildman–Crippen LogP) is 3.75. The molecule has 0 fully saturated rings. The number of para-hydroxylation sites is 1. The third kappa shape index (κ3) is 6.44. The molecule has 7 nitrogen and oxygen atoms in total. The van der Waals surface area contributed by atoms with Crippen LogP contribution in [0.5, 0.6) is 0 Å². The van der Waals surface area contributed by atoms with E-state index in [0.29, 0.717) is 6.54 Å². The number of aryl methyl sites for hydroxylation is 2. The Hall–Kier alpha value is -3.61. The number of carbonyl (C=O) groups excluding carboxylic acids is 1. The molecular weight excluding hydrogens is 400 g/mol. The van der Waals surface area contributed by atoms with E-state index in [0.717, 1.165) is 53.8 Å². The largest absolute Gasteiger partial charge is 0.357 e. The van der Waals surface area contributed by atoms with Crippen LogP contribution in [0.2, 0.25) is 0 Å². The molecule has 2 aromatic carbocycles. The molecule has 0 radical (unpaired) electrons. The summed E-state index contributed by atoms with van der Waals surface area (Å²) in [5.74, 6) is 0.718. The Kier molecular flexibility index (Phi) is 8.02. The molecule has 0 aliphatic rings. The van der Waals surface area contributed by atoms with Gasteiger partial charge in [-0.1, -0.05) is 30.3 Å². The number of nitrogens with zero attached hydrogens (tertiary/aromatic N) is 3. The standard InChI is InChI=1S/C25H32N6O/c1-5-26-25(27-15-14-21-10-12-23(13-11-21)29-20(4)32)28-17-22-8-6-7-9-24(22)31-19(3)16-18(2)30-31/h6-13,16H,5,14-15,17H2,1-4H3,(H,29,32)(H2,26,27,28). The molecule has 0 aliphatic heterocycles. The summed E-state index contributed by atoms with van der Waals surface area (Å²) >= 11 is 0. The van der Waals surface area contributed by atoms with Crippen LogP contribution in [-0.4, -0.2) is 34.7 Å². The van der Waals surface area contributed by atoms with Crippen LogP contribution in [-0.2, 0) is 17.8 Å². The molecule has 3 rings (SSSR count). The number of carbonyl (C=O) groups is 1. The Labute approximate surface area is 190 Å². The number of benzene rings is 2. The van der Waals surface area contributed by atoms with Gasteiger partial charge in [-0.2, -0.15) is 5.10 Å². The van der Waals surface area contributed by atoms with Crippen molar-refractivity contribution < 1.29 is 4.79 Å². The monoisotopic (exact) mass is 432 g/mol. The first-order valence-corrected chi connectivity index (χ1v) is 11.0. The number of hydrogen-bond acceptors (Lipinski definition) is 3. The van der Waals surface area contributed by atoms with Gasteiger partial charge in [-0.15, -0.1) is 0 Å². The lowest BCUT2D eigenvalue weighted by Crippen LogP contribution is -2.38. The molecule has 3 N–H and O–H groups in total. The van der Waals surface area contributed by atoms with Gasteiger partial charge in [0.1, 0.15) is 0 Å². The molecular formula is C25H32N6O. The molecule has 1 aromatic heterocycles. The van der Waals surface area contributed by atoms with E-state index in [1.54, 1.807) is 0 Å². The number of anilines is 1. The molecule has 0 atom stereocenters. The summed E-state index contributed by atoms with van der Waals surface area (Å²) < 4.78 is 1.98. The average Bonchev–Trinajstić information content (AvgIpc) is 3.10. The normalized spacial score (nSPS) is 11.3. The fourth-order valence-corrected chi connectivity index (χ4v) is 3.51. The molecule has 0 saturated heterocycles. The molecule has 0 unspecified atom stereocenters. The van der Waals surface area contributed by atoms with Crippen LogP contribution in [0.1, 0.15) is 36.4 Å². The molecule has 0 bridgehead atoms. The molecule has 7 heteroatoms. The van der Waals surface area contributed by atoms with Crippen LogP contribution in [0.15, 0.2) is 59.6 Å². The lowest BCUT2D eigenvalue weighted by atomic mass is 10.1. The molecule has 1 amide bonds. The number of rotatable bonds is 8. The number of aliphatic imine (C=N–C) groups is 1. The molecule has 3 aromatic rings. The second kappa shape index (κ2) is 11.1. The summed E-state index contributed by atoms with van der Waals surface area (Å²) in [6, 6.07) is 18.2. The second-order valence-electron chi connectivity index (χ2n) is 7.72. The van der Waals surface area contributed by atoms with Gasteiger partial charge in [-0.3, -0.25) is 4.79 Å². The smallest absolute Gasteiger partial charge is 0.221 e. The molecule has 32 heavy (non-hydrogen) atoms. The fourth-order valence-electron chi connectivity index (χ4n) is 3.51. The minimum Gasteiger partial charge on any atom is -0.357 e. The first kappa shape index (κ1) is 23.1. The van der Waals surface area contributed by atoms with Crippen LogP contribution in [0.25, 0.3) is 5.69 Å². The van der Waals surface area contributed by atoms with Gasteiger partial charge in [0.15, 0.2) is 5.96 Å². The van der Waals surface area contributed by atoms with Gasteiger partial charge >= 0.3 is 0 Å². The van der Waals surface area contributed by atoms with Crippen molar-refractivity contribution in [3.8, 4) is 5.69 Å². The molecule has 0 aliphatic carbocycles. The van der Waals surface area contributed by atoms with Gasteiger partial charge in [0.25, 0.3) is 0 Å². The summed E-state index contributed by atoms with van der Waals surface area (Å²) in [4.78, 5) is 15.9. The maximum absolute atomic E-state index is 11.1. The number of hydrogen-bond donors (Lipinski definition) is 3. The molecule has 1 heterocycles. The van der Waals surface area contributed by atoms with E-state index < -0.39 is 0 Å². The summed E-state index contributed by atoms with van der Waals surface area (Å²) in [5.41, 5.74) is 6.28. The van der Waals surface area contributed by atoms with Crippen LogP contribution < -0.4 is 16.0 Å². The Bertz CT molecular complexity index is 1070. The Morgan fingerprint density at radius 3 is 2.47 bits per heavy atom. The van der Waals surface area contributed by atoms with E-state index in [1.165, 1.54) is 12.5 Å². The topological polar surface area (TPSA) is 83.3 Å². The number of aromatic nitrogens is 2. The third-order valence-electron chi connectivity index (χ3n) is 4.96. The van der Waals surface area contributed by atoms with Gasteiger partial charge < -0.3 is 16.0 Å². The zero-order valence-corrected chi connectivity index (χ0v) is 19.3. The van der Waals surface area contributed by atoms with E-state index >= 15 is 0 Å². The zero-order chi connectivity index (χ0) is 22.9. The van der Waals surface area contributed by atoms with Gasteiger partial charge in [0.2, 0.25) is 5.91 Å². The SMILES string of the molecule is CCNC(=NCc1ccccc1-n1nc(C)cc1C)NCCc1ccc(NC(C)=O)cc1. The van der Waals surface area contributed by atoms with Crippen molar-refractivity contribution in [2.75, 3.05) is 18.4 Å². The molecule has 168 valence electrons.